The quantitative estimate of drug-likeness (QED) is 0.713. The number of methoxy groups -OCH3 is 1. The number of amides is 2. The maximum atomic E-state index is 12.9. The molecule has 0 radical (unpaired) electrons. The van der Waals surface area contributed by atoms with E-state index in [-0.39, 0.29) is 23.6 Å². The standard InChI is InChI=1S/C21H23F3N2O3/c1-28-19-12-7-14(21(22,23)24)13-18(19)26-20(27)25-15-8-10-17(11-9-15)29-16-5-3-2-4-6-16/h2-7,12-13,15,17H,8-11H2,1H3,(H2,25,26,27). The summed E-state index contributed by atoms with van der Waals surface area (Å²) in [6.07, 6.45) is -1.40. The first-order valence-corrected chi connectivity index (χ1v) is 9.39. The number of halogens is 3. The third-order valence-electron chi connectivity index (χ3n) is 4.83. The number of urea groups is 1. The van der Waals surface area contributed by atoms with E-state index < -0.39 is 17.8 Å². The van der Waals surface area contributed by atoms with Crippen LogP contribution in [0.2, 0.25) is 0 Å². The maximum Gasteiger partial charge on any atom is 0.416 e. The van der Waals surface area contributed by atoms with Gasteiger partial charge in [-0.1, -0.05) is 18.2 Å². The van der Waals surface area contributed by atoms with E-state index in [1.54, 1.807) is 0 Å². The van der Waals surface area contributed by atoms with E-state index in [1.165, 1.54) is 13.2 Å². The highest BCUT2D eigenvalue weighted by molar-refractivity contribution is 5.91. The highest BCUT2D eigenvalue weighted by Gasteiger charge is 2.31. The van der Waals surface area contributed by atoms with Crippen molar-refractivity contribution in [2.45, 2.75) is 44.0 Å². The molecule has 2 aromatic carbocycles. The zero-order valence-corrected chi connectivity index (χ0v) is 16.0. The third kappa shape index (κ3) is 5.79. The first kappa shape index (κ1) is 20.8. The highest BCUT2D eigenvalue weighted by Crippen LogP contribution is 2.35. The van der Waals surface area contributed by atoms with Crippen molar-refractivity contribution >= 4 is 11.7 Å². The number of para-hydroxylation sites is 1. The fourth-order valence-corrected chi connectivity index (χ4v) is 3.34. The monoisotopic (exact) mass is 408 g/mol. The molecule has 156 valence electrons. The normalized spacial score (nSPS) is 19.3. The molecule has 1 fully saturated rings. The van der Waals surface area contributed by atoms with E-state index in [4.69, 9.17) is 9.47 Å². The van der Waals surface area contributed by atoms with Crippen molar-refractivity contribution in [2.24, 2.45) is 0 Å². The van der Waals surface area contributed by atoms with E-state index in [2.05, 4.69) is 10.6 Å². The molecule has 1 saturated carbocycles. The van der Waals surface area contributed by atoms with Crippen LogP contribution < -0.4 is 20.1 Å². The molecule has 2 aromatic rings. The van der Waals surface area contributed by atoms with Crippen LogP contribution in [0, 0.1) is 0 Å². The van der Waals surface area contributed by atoms with Gasteiger partial charge in [-0.2, -0.15) is 13.2 Å². The van der Waals surface area contributed by atoms with E-state index >= 15 is 0 Å². The summed E-state index contributed by atoms with van der Waals surface area (Å²) < 4.78 is 49.8. The lowest BCUT2D eigenvalue weighted by Crippen LogP contribution is -2.41. The molecule has 1 aliphatic carbocycles. The van der Waals surface area contributed by atoms with Crippen LogP contribution in [0.4, 0.5) is 23.7 Å². The largest absolute Gasteiger partial charge is 0.495 e. The summed E-state index contributed by atoms with van der Waals surface area (Å²) >= 11 is 0. The molecule has 0 heterocycles. The Hall–Kier alpha value is -2.90. The van der Waals surface area contributed by atoms with Crippen molar-refractivity contribution < 1.29 is 27.4 Å². The zero-order chi connectivity index (χ0) is 20.9. The number of hydrogen-bond donors (Lipinski definition) is 2. The molecule has 0 unspecified atom stereocenters. The molecule has 0 spiro atoms. The Kier molecular flexibility index (Phi) is 6.51. The maximum absolute atomic E-state index is 12.9. The van der Waals surface area contributed by atoms with Gasteiger partial charge in [0, 0.05) is 6.04 Å². The van der Waals surface area contributed by atoms with Gasteiger partial charge in [-0.3, -0.25) is 0 Å². The van der Waals surface area contributed by atoms with Gasteiger partial charge < -0.3 is 20.1 Å². The zero-order valence-electron chi connectivity index (χ0n) is 16.0. The van der Waals surface area contributed by atoms with Gasteiger partial charge in [-0.05, 0) is 56.0 Å². The summed E-state index contributed by atoms with van der Waals surface area (Å²) in [6, 6.07) is 11.9. The Bertz CT molecular complexity index is 820. The minimum Gasteiger partial charge on any atom is -0.495 e. The van der Waals surface area contributed by atoms with Crippen molar-refractivity contribution in [2.75, 3.05) is 12.4 Å². The van der Waals surface area contributed by atoms with E-state index in [9.17, 15) is 18.0 Å². The summed E-state index contributed by atoms with van der Waals surface area (Å²) in [5.74, 6) is 0.978. The van der Waals surface area contributed by atoms with Crippen molar-refractivity contribution in [3.8, 4) is 11.5 Å². The van der Waals surface area contributed by atoms with Gasteiger partial charge in [0.1, 0.15) is 11.5 Å². The second-order valence-corrected chi connectivity index (χ2v) is 6.92. The van der Waals surface area contributed by atoms with Gasteiger partial charge in [0.15, 0.2) is 0 Å². The van der Waals surface area contributed by atoms with Crippen LogP contribution in [0.5, 0.6) is 11.5 Å². The lowest BCUT2D eigenvalue weighted by molar-refractivity contribution is -0.137. The summed E-state index contributed by atoms with van der Waals surface area (Å²) in [5.41, 5.74) is -0.881. The number of anilines is 1. The van der Waals surface area contributed by atoms with Gasteiger partial charge in [0.25, 0.3) is 0 Å². The predicted molar refractivity (Wildman–Crippen MR) is 103 cm³/mol. The number of alkyl halides is 3. The molecule has 3 rings (SSSR count). The Morgan fingerprint density at radius 1 is 1.03 bits per heavy atom. The molecule has 0 saturated heterocycles. The minimum atomic E-state index is -4.50. The van der Waals surface area contributed by atoms with Crippen LogP contribution >= 0.6 is 0 Å². The predicted octanol–water partition coefficient (Wildman–Crippen LogP) is 5.23. The van der Waals surface area contributed by atoms with Crippen LogP contribution in [0.25, 0.3) is 0 Å². The minimum absolute atomic E-state index is 0.0269. The van der Waals surface area contributed by atoms with Crippen molar-refractivity contribution in [1.82, 2.24) is 5.32 Å². The average molecular weight is 408 g/mol. The lowest BCUT2D eigenvalue weighted by atomic mass is 9.93. The van der Waals surface area contributed by atoms with Gasteiger partial charge in [0.2, 0.25) is 0 Å². The Morgan fingerprint density at radius 2 is 1.72 bits per heavy atom. The SMILES string of the molecule is COc1ccc(C(F)(F)F)cc1NC(=O)NC1CCC(Oc2ccccc2)CC1. The Morgan fingerprint density at radius 3 is 2.34 bits per heavy atom. The fraction of sp³-hybridized carbons (Fsp3) is 0.381. The summed E-state index contributed by atoms with van der Waals surface area (Å²) in [7, 11) is 1.33. The lowest BCUT2D eigenvalue weighted by Gasteiger charge is -2.29. The molecule has 0 bridgehead atoms. The third-order valence-corrected chi connectivity index (χ3v) is 4.83. The Balaban J connectivity index is 1.53. The summed E-state index contributed by atoms with van der Waals surface area (Å²) in [6.45, 7) is 0. The van der Waals surface area contributed by atoms with E-state index in [0.717, 1.165) is 43.6 Å². The van der Waals surface area contributed by atoms with Gasteiger partial charge >= 0.3 is 12.2 Å². The molecule has 0 atom stereocenters. The van der Waals surface area contributed by atoms with Gasteiger partial charge in [-0.25, -0.2) is 4.79 Å². The summed E-state index contributed by atoms with van der Waals surface area (Å²) in [5, 5.41) is 5.28. The Labute approximate surface area is 167 Å². The molecule has 8 heteroatoms. The molecule has 2 amide bonds. The smallest absolute Gasteiger partial charge is 0.416 e. The molecular weight excluding hydrogens is 385 g/mol. The second-order valence-electron chi connectivity index (χ2n) is 6.92. The topological polar surface area (TPSA) is 59.6 Å². The molecule has 2 N–H and O–H groups in total. The molecule has 1 aliphatic rings. The number of hydrogen-bond acceptors (Lipinski definition) is 3. The fourth-order valence-electron chi connectivity index (χ4n) is 3.34. The van der Waals surface area contributed by atoms with E-state index in [1.807, 2.05) is 30.3 Å². The number of carbonyl (C=O) groups excluding carboxylic acids is 1. The number of ether oxygens (including phenoxy) is 2. The van der Waals surface area contributed by atoms with Crippen molar-refractivity contribution in [3.05, 3.63) is 54.1 Å². The number of nitrogens with one attached hydrogen (secondary N) is 2. The molecule has 5 nitrogen and oxygen atoms in total. The molecule has 0 aromatic heterocycles. The molecule has 0 aliphatic heterocycles. The summed E-state index contributed by atoms with van der Waals surface area (Å²) in [4.78, 5) is 12.3. The van der Waals surface area contributed by atoms with Crippen LogP contribution in [0.1, 0.15) is 31.2 Å². The van der Waals surface area contributed by atoms with Crippen LogP contribution in [0.3, 0.4) is 0 Å². The van der Waals surface area contributed by atoms with Gasteiger partial charge in [0.05, 0.1) is 24.5 Å². The number of benzene rings is 2. The van der Waals surface area contributed by atoms with E-state index in [0.29, 0.717) is 0 Å². The number of carbonyl (C=O) groups is 1. The van der Waals surface area contributed by atoms with Crippen molar-refractivity contribution in [1.29, 1.82) is 0 Å². The molecular formula is C21H23F3N2O3. The first-order valence-electron chi connectivity index (χ1n) is 9.39. The first-order chi connectivity index (χ1) is 13.8. The van der Waals surface area contributed by atoms with Crippen LogP contribution in [-0.4, -0.2) is 25.3 Å². The molecule has 29 heavy (non-hydrogen) atoms. The highest BCUT2D eigenvalue weighted by atomic mass is 19.4. The van der Waals surface area contributed by atoms with Gasteiger partial charge in [-0.15, -0.1) is 0 Å². The van der Waals surface area contributed by atoms with Crippen LogP contribution in [0.15, 0.2) is 48.5 Å². The van der Waals surface area contributed by atoms with Crippen molar-refractivity contribution in [3.63, 3.8) is 0 Å². The van der Waals surface area contributed by atoms with Crippen LogP contribution in [-0.2, 0) is 6.18 Å². The second kappa shape index (κ2) is 9.07. The number of rotatable bonds is 5. The average Bonchev–Trinajstić information content (AvgIpc) is 2.69.